The number of carbonyl (C=O) groups excluding carboxylic acids is 1. The van der Waals surface area contributed by atoms with E-state index in [4.69, 9.17) is 15.7 Å². The van der Waals surface area contributed by atoms with Crippen molar-refractivity contribution < 1.29 is 9.53 Å². The second kappa shape index (κ2) is 11.1. The van der Waals surface area contributed by atoms with E-state index in [2.05, 4.69) is 37.0 Å². The first-order valence-electron chi connectivity index (χ1n) is 12.5. The highest BCUT2D eigenvalue weighted by Crippen LogP contribution is 2.23. The van der Waals surface area contributed by atoms with Gasteiger partial charge in [0.25, 0.3) is 0 Å². The van der Waals surface area contributed by atoms with Gasteiger partial charge in [0.1, 0.15) is 5.75 Å². The maximum atomic E-state index is 11.4. The van der Waals surface area contributed by atoms with Crippen LogP contribution in [0.15, 0.2) is 61.1 Å². The monoisotopic (exact) mass is 495 g/mol. The molecule has 0 bridgehead atoms. The van der Waals surface area contributed by atoms with Crippen molar-refractivity contribution in [3.05, 3.63) is 77.7 Å². The molecule has 188 valence electrons. The van der Waals surface area contributed by atoms with Crippen LogP contribution in [0.1, 0.15) is 34.3 Å². The molecule has 1 aliphatic heterocycles. The summed E-state index contributed by atoms with van der Waals surface area (Å²) in [6.07, 6.45) is 8.61. The van der Waals surface area contributed by atoms with Crippen molar-refractivity contribution in [2.75, 3.05) is 37.6 Å². The van der Waals surface area contributed by atoms with Crippen LogP contribution in [0.25, 0.3) is 10.9 Å². The Kier molecular flexibility index (Phi) is 7.28. The van der Waals surface area contributed by atoms with Gasteiger partial charge in [0, 0.05) is 48.8 Å². The normalized spacial score (nSPS) is 14.0. The lowest BCUT2D eigenvalue weighted by Crippen LogP contribution is -2.47. The van der Waals surface area contributed by atoms with Crippen molar-refractivity contribution >= 4 is 22.8 Å². The van der Waals surface area contributed by atoms with E-state index in [1.807, 2.05) is 18.2 Å². The Hall–Kier alpha value is -4.42. The number of aromatic amines is 1. The third kappa shape index (κ3) is 5.88. The number of aryl methyl sites for hydroxylation is 1. The number of H-pyrrole nitrogens is 1. The van der Waals surface area contributed by atoms with Crippen molar-refractivity contribution in [1.29, 1.82) is 5.26 Å². The number of nitrogens with one attached hydrogen (secondary N) is 1. The first kappa shape index (κ1) is 24.3. The topological polar surface area (TPSA) is 124 Å². The van der Waals surface area contributed by atoms with E-state index < -0.39 is 5.91 Å². The summed E-state index contributed by atoms with van der Waals surface area (Å²) in [7, 11) is 0. The molecule has 1 fully saturated rings. The van der Waals surface area contributed by atoms with E-state index in [1.165, 1.54) is 5.56 Å². The fourth-order valence-electron chi connectivity index (χ4n) is 4.65. The maximum Gasteiger partial charge on any atom is 0.248 e. The van der Waals surface area contributed by atoms with Crippen LogP contribution in [0.5, 0.6) is 11.5 Å². The van der Waals surface area contributed by atoms with Crippen molar-refractivity contribution in [2.24, 2.45) is 5.73 Å². The Bertz CT molecular complexity index is 1420. The van der Waals surface area contributed by atoms with E-state index in [1.54, 1.807) is 36.7 Å². The number of nitrogens with two attached hydrogens (primary N) is 1. The molecular formula is C28H29N7O2. The maximum absolute atomic E-state index is 11.4. The molecule has 0 saturated carbocycles. The molecule has 2 aromatic carbocycles. The number of hydrogen-bond donors (Lipinski definition) is 2. The van der Waals surface area contributed by atoms with E-state index >= 15 is 0 Å². The number of fused-ring (bicyclic) bond motifs is 1. The fraction of sp³-hybridized carbons (Fsp3) is 0.286. The summed E-state index contributed by atoms with van der Waals surface area (Å²) in [5.74, 6) is 1.20. The number of aromatic nitrogens is 3. The summed E-state index contributed by atoms with van der Waals surface area (Å²) in [6.45, 7) is 4.76. The Labute approximate surface area is 215 Å². The Morgan fingerprint density at radius 2 is 1.86 bits per heavy atom. The van der Waals surface area contributed by atoms with Gasteiger partial charge < -0.3 is 20.4 Å². The first-order chi connectivity index (χ1) is 18.1. The highest BCUT2D eigenvalue weighted by atomic mass is 16.5. The molecule has 2 aromatic heterocycles. The third-order valence-corrected chi connectivity index (χ3v) is 6.69. The summed E-state index contributed by atoms with van der Waals surface area (Å²) < 4.78 is 5.77. The number of primary amides is 1. The Morgan fingerprint density at radius 3 is 2.62 bits per heavy atom. The number of nitriles is 1. The van der Waals surface area contributed by atoms with Crippen molar-refractivity contribution in [2.45, 2.75) is 19.3 Å². The van der Waals surface area contributed by atoms with Gasteiger partial charge in [0.2, 0.25) is 11.9 Å². The predicted molar refractivity (Wildman–Crippen MR) is 142 cm³/mol. The molecule has 0 unspecified atom stereocenters. The van der Waals surface area contributed by atoms with E-state index in [0.29, 0.717) is 28.6 Å². The Balaban J connectivity index is 1.06. The van der Waals surface area contributed by atoms with Crippen molar-refractivity contribution in [3.8, 4) is 17.6 Å². The molecular weight excluding hydrogens is 466 g/mol. The number of unbranched alkanes of at least 4 members (excludes halogenated alkanes) is 1. The lowest BCUT2D eigenvalue weighted by molar-refractivity contribution is 0.1000. The van der Waals surface area contributed by atoms with Crippen LogP contribution in [0.3, 0.4) is 0 Å². The number of benzene rings is 2. The number of ether oxygens (including phenoxy) is 1. The third-order valence-electron chi connectivity index (χ3n) is 6.69. The minimum absolute atomic E-state index is 0.389. The fourth-order valence-corrected chi connectivity index (χ4v) is 4.65. The molecule has 1 amide bonds. The summed E-state index contributed by atoms with van der Waals surface area (Å²) in [5, 5.41) is 10.3. The van der Waals surface area contributed by atoms with Gasteiger partial charge in [-0.15, -0.1) is 0 Å². The van der Waals surface area contributed by atoms with Gasteiger partial charge in [-0.2, -0.15) is 5.26 Å². The van der Waals surface area contributed by atoms with Crippen LogP contribution in [0.2, 0.25) is 0 Å². The van der Waals surface area contributed by atoms with Gasteiger partial charge in [-0.25, -0.2) is 9.97 Å². The number of rotatable bonds is 9. The summed E-state index contributed by atoms with van der Waals surface area (Å²) >= 11 is 0. The van der Waals surface area contributed by atoms with Gasteiger partial charge in [0.15, 0.2) is 5.75 Å². The number of nitrogens with zero attached hydrogens (tertiary/aromatic N) is 5. The average Bonchev–Trinajstić information content (AvgIpc) is 3.34. The van der Waals surface area contributed by atoms with Crippen molar-refractivity contribution in [1.82, 2.24) is 19.9 Å². The zero-order valence-corrected chi connectivity index (χ0v) is 20.6. The van der Waals surface area contributed by atoms with Gasteiger partial charge in [0.05, 0.1) is 24.0 Å². The average molecular weight is 496 g/mol. The van der Waals surface area contributed by atoms with Crippen LogP contribution in [0, 0.1) is 11.3 Å². The zero-order chi connectivity index (χ0) is 25.6. The van der Waals surface area contributed by atoms with E-state index in [-0.39, 0.29) is 0 Å². The lowest BCUT2D eigenvalue weighted by Gasteiger charge is -2.34. The van der Waals surface area contributed by atoms with E-state index in [9.17, 15) is 4.79 Å². The van der Waals surface area contributed by atoms with Crippen LogP contribution in [-0.2, 0) is 6.42 Å². The number of piperazine rings is 1. The lowest BCUT2D eigenvalue weighted by atomic mass is 10.1. The molecule has 0 aliphatic carbocycles. The van der Waals surface area contributed by atoms with Crippen molar-refractivity contribution in [3.63, 3.8) is 0 Å². The molecule has 1 aliphatic rings. The van der Waals surface area contributed by atoms with Gasteiger partial charge in [-0.1, -0.05) is 6.07 Å². The number of hydrogen-bond acceptors (Lipinski definition) is 7. The highest BCUT2D eigenvalue weighted by molar-refractivity contribution is 5.93. The minimum Gasteiger partial charge on any atom is -0.454 e. The molecule has 0 atom stereocenters. The quantitative estimate of drug-likeness (QED) is 0.338. The SMILES string of the molecule is N#Cc1ccc2[nH]cc(CCCCN3CCN(c4ncc(Oc5cccc(C(N)=O)c5)cn4)CC3)c2c1. The molecule has 37 heavy (non-hydrogen) atoms. The van der Waals surface area contributed by atoms with E-state index in [0.717, 1.165) is 62.9 Å². The smallest absolute Gasteiger partial charge is 0.248 e. The Morgan fingerprint density at radius 1 is 1.05 bits per heavy atom. The zero-order valence-electron chi connectivity index (χ0n) is 20.6. The molecule has 9 heteroatoms. The first-order valence-corrected chi connectivity index (χ1v) is 12.5. The second-order valence-electron chi connectivity index (χ2n) is 9.18. The molecule has 5 rings (SSSR count). The molecule has 0 spiro atoms. The standard InChI is InChI=1S/C28H29N7O2/c29-16-20-7-8-26-25(14-20)22(17-31-26)4-1-2-9-34-10-12-35(13-11-34)28-32-18-24(19-33-28)37-23-6-3-5-21(15-23)27(30)36/h3,5-8,14-15,17-19,31H,1-2,4,9-13H2,(H2,30,36). The summed E-state index contributed by atoms with van der Waals surface area (Å²) in [5.41, 5.74) is 8.79. The summed E-state index contributed by atoms with van der Waals surface area (Å²) in [6, 6.07) is 14.7. The number of anilines is 1. The molecule has 3 heterocycles. The van der Waals surface area contributed by atoms with Crippen LogP contribution in [0.4, 0.5) is 5.95 Å². The van der Waals surface area contributed by atoms with Crippen LogP contribution >= 0.6 is 0 Å². The second-order valence-corrected chi connectivity index (χ2v) is 9.18. The molecule has 0 radical (unpaired) electrons. The molecule has 9 nitrogen and oxygen atoms in total. The highest BCUT2D eigenvalue weighted by Gasteiger charge is 2.19. The van der Waals surface area contributed by atoms with Gasteiger partial charge in [-0.3, -0.25) is 9.69 Å². The number of carbonyl (C=O) groups is 1. The van der Waals surface area contributed by atoms with Crippen LogP contribution in [-0.4, -0.2) is 58.5 Å². The molecule has 1 saturated heterocycles. The number of amides is 1. The predicted octanol–water partition coefficient (Wildman–Crippen LogP) is 3.87. The minimum atomic E-state index is -0.499. The summed E-state index contributed by atoms with van der Waals surface area (Å²) in [4.78, 5) is 28.3. The van der Waals surface area contributed by atoms with Gasteiger partial charge in [-0.05, 0) is 67.8 Å². The molecule has 4 aromatic rings. The largest absolute Gasteiger partial charge is 0.454 e. The van der Waals surface area contributed by atoms with Gasteiger partial charge >= 0.3 is 0 Å². The van der Waals surface area contributed by atoms with Crippen LogP contribution < -0.4 is 15.4 Å². The molecule has 3 N–H and O–H groups in total.